The zero-order valence-electron chi connectivity index (χ0n) is 29.5. The van der Waals surface area contributed by atoms with Crippen LogP contribution in [0, 0.1) is 27.7 Å². The van der Waals surface area contributed by atoms with Crippen molar-refractivity contribution < 1.29 is 9.47 Å². The summed E-state index contributed by atoms with van der Waals surface area (Å²) in [4.78, 5) is 10.6. The molecule has 3 aromatic heterocycles. The molecule has 0 amide bonds. The highest BCUT2D eigenvalue weighted by molar-refractivity contribution is 5.95. The number of fused-ring (bicyclic) bond motifs is 8. The Morgan fingerprint density at radius 2 is 0.688 bits per heavy atom. The first-order valence-electron chi connectivity index (χ1n) is 16.4. The van der Waals surface area contributed by atoms with Gasteiger partial charge in [-0.3, -0.25) is 0 Å². The van der Waals surface area contributed by atoms with Crippen molar-refractivity contribution in [1.29, 1.82) is 0 Å². The highest BCUT2D eigenvalue weighted by Gasteiger charge is 2.22. The molecule has 0 unspecified atom stereocenters. The van der Waals surface area contributed by atoms with E-state index in [1.807, 2.05) is 24.3 Å². The van der Waals surface area contributed by atoms with Crippen molar-refractivity contribution in [2.75, 3.05) is 14.2 Å². The lowest BCUT2D eigenvalue weighted by molar-refractivity contribution is 0.413. The van der Waals surface area contributed by atoms with E-state index in [1.165, 1.54) is 22.3 Å². The molecule has 5 aromatic rings. The molecule has 6 nitrogen and oxygen atoms in total. The fourth-order valence-electron chi connectivity index (χ4n) is 6.98. The Labute approximate surface area is 282 Å². The fraction of sp³-hybridized carbons (Fsp3) is 0.238. The number of benzene rings is 2. The Balaban J connectivity index is 1.74. The SMILES string of the molecule is COc1ccccc1-n1c2cc3nc(cc4c(C)c(C)c(cc5nc(cc1c(C)c2C)C(C)=C5C)n4-c1ccccc1OC)C(C)=C3C. The van der Waals surface area contributed by atoms with Crippen LogP contribution in [0.15, 0.2) is 72.8 Å². The zero-order chi connectivity index (χ0) is 34.0. The molecule has 0 N–H and O–H groups in total. The molecule has 2 aromatic carbocycles. The summed E-state index contributed by atoms with van der Waals surface area (Å²) in [6.07, 6.45) is 0. The van der Waals surface area contributed by atoms with E-state index in [2.05, 4.69) is 113 Å². The molecule has 0 atom stereocenters. The van der Waals surface area contributed by atoms with Crippen molar-refractivity contribution in [1.82, 2.24) is 19.1 Å². The summed E-state index contributed by atoms with van der Waals surface area (Å²) in [5, 5.41) is 0. The highest BCUT2D eigenvalue weighted by atomic mass is 16.5. The molecule has 0 spiro atoms. The molecule has 48 heavy (non-hydrogen) atoms. The monoisotopic (exact) mass is 634 g/mol. The summed E-state index contributed by atoms with van der Waals surface area (Å²) >= 11 is 0. The number of methoxy groups -OCH3 is 2. The van der Waals surface area contributed by atoms with Gasteiger partial charge in [0.05, 0.1) is 70.4 Å². The second kappa shape index (κ2) is 11.7. The van der Waals surface area contributed by atoms with Gasteiger partial charge in [-0.15, -0.1) is 0 Å². The molecule has 2 aliphatic heterocycles. The number of ether oxygens (including phenoxy) is 2. The van der Waals surface area contributed by atoms with Gasteiger partial charge in [0.2, 0.25) is 0 Å². The lowest BCUT2D eigenvalue weighted by Gasteiger charge is -2.12. The number of para-hydroxylation sites is 4. The Morgan fingerprint density at radius 1 is 0.417 bits per heavy atom. The van der Waals surface area contributed by atoms with E-state index in [9.17, 15) is 0 Å². The number of hydrogen-bond acceptors (Lipinski definition) is 4. The van der Waals surface area contributed by atoms with E-state index in [-0.39, 0.29) is 0 Å². The van der Waals surface area contributed by atoms with Gasteiger partial charge < -0.3 is 18.6 Å². The summed E-state index contributed by atoms with van der Waals surface area (Å²) in [5.41, 5.74) is 19.4. The van der Waals surface area contributed by atoms with E-state index in [0.29, 0.717) is 0 Å². The first kappa shape index (κ1) is 31.3. The third-order valence-electron chi connectivity index (χ3n) is 10.5. The Kier molecular flexibility index (Phi) is 7.62. The minimum Gasteiger partial charge on any atom is -0.495 e. The van der Waals surface area contributed by atoms with Gasteiger partial charge in [-0.05, 0) is 148 Å². The molecule has 7 rings (SSSR count). The van der Waals surface area contributed by atoms with Crippen LogP contribution >= 0.6 is 0 Å². The molecular weight excluding hydrogens is 592 g/mol. The molecule has 6 heteroatoms. The summed E-state index contributed by atoms with van der Waals surface area (Å²) in [6, 6.07) is 25.3. The summed E-state index contributed by atoms with van der Waals surface area (Å²) in [5.74, 6) is 1.61. The van der Waals surface area contributed by atoms with Crippen molar-refractivity contribution in [3.63, 3.8) is 0 Å². The van der Waals surface area contributed by atoms with Crippen LogP contribution in [0.1, 0.15) is 72.7 Å². The lowest BCUT2D eigenvalue weighted by Crippen LogP contribution is -1.98. The normalized spacial score (nSPS) is 13.0. The standard InChI is InChI=1S/C42H42N4O2/c1-23-24(2)32-20-38-29(7)30(8)40(46(38)36-16-12-14-18-42(36)48-10)22-34-26(4)25(3)33(44-34)21-39-28(6)27(5)37(19-31(23)43-32)45(39)35-15-11-13-17-41(35)47-9/h11-22H,1-10H3. The molecule has 0 saturated heterocycles. The van der Waals surface area contributed by atoms with Gasteiger partial charge in [0.15, 0.2) is 0 Å². The number of aromatic nitrogens is 4. The van der Waals surface area contributed by atoms with Crippen molar-refractivity contribution in [3.8, 4) is 22.9 Å². The molecule has 0 aliphatic carbocycles. The molecule has 8 bridgehead atoms. The maximum absolute atomic E-state index is 5.91. The number of nitrogens with zero attached hydrogens (tertiary/aromatic N) is 4. The Bertz CT molecular complexity index is 2120. The van der Waals surface area contributed by atoms with Gasteiger partial charge in [0, 0.05) is 0 Å². The summed E-state index contributed by atoms with van der Waals surface area (Å²) in [6.45, 7) is 17.5. The van der Waals surface area contributed by atoms with Crippen LogP contribution in [0.2, 0.25) is 0 Å². The van der Waals surface area contributed by atoms with Gasteiger partial charge in [-0.1, -0.05) is 24.3 Å². The van der Waals surface area contributed by atoms with Crippen molar-refractivity contribution in [2.45, 2.75) is 55.4 Å². The minimum atomic E-state index is 0.804. The third kappa shape index (κ3) is 4.69. The van der Waals surface area contributed by atoms with Crippen molar-refractivity contribution >= 4 is 44.4 Å². The van der Waals surface area contributed by atoms with Crippen LogP contribution in [0.25, 0.3) is 55.7 Å². The minimum absolute atomic E-state index is 0.804. The maximum atomic E-state index is 5.91. The van der Waals surface area contributed by atoms with Gasteiger partial charge >= 0.3 is 0 Å². The zero-order valence-corrected chi connectivity index (χ0v) is 29.5. The quantitative estimate of drug-likeness (QED) is 0.197. The number of rotatable bonds is 4. The van der Waals surface area contributed by atoms with E-state index >= 15 is 0 Å². The van der Waals surface area contributed by atoms with Crippen LogP contribution in [-0.4, -0.2) is 33.3 Å². The van der Waals surface area contributed by atoms with Gasteiger partial charge in [0.25, 0.3) is 0 Å². The van der Waals surface area contributed by atoms with E-state index < -0.39 is 0 Å². The van der Waals surface area contributed by atoms with Crippen LogP contribution in [0.4, 0.5) is 0 Å². The second-order valence-electron chi connectivity index (χ2n) is 12.9. The largest absolute Gasteiger partial charge is 0.495 e. The first-order chi connectivity index (χ1) is 23.0. The third-order valence-corrected chi connectivity index (χ3v) is 10.5. The number of hydrogen-bond donors (Lipinski definition) is 0. The van der Waals surface area contributed by atoms with Gasteiger partial charge in [0.1, 0.15) is 11.5 Å². The fourth-order valence-corrected chi connectivity index (χ4v) is 6.98. The van der Waals surface area contributed by atoms with E-state index in [0.717, 1.165) is 90.0 Å². The Hall–Kier alpha value is -5.36. The van der Waals surface area contributed by atoms with Crippen LogP contribution in [0.3, 0.4) is 0 Å². The average molecular weight is 635 g/mol. The number of aryl methyl sites for hydroxylation is 4. The summed E-state index contributed by atoms with van der Waals surface area (Å²) < 4.78 is 16.4. The number of allylic oxidation sites excluding steroid dienone is 4. The molecule has 0 radical (unpaired) electrons. The lowest BCUT2D eigenvalue weighted by atomic mass is 10.1. The van der Waals surface area contributed by atoms with E-state index in [4.69, 9.17) is 19.4 Å². The van der Waals surface area contributed by atoms with Crippen molar-refractivity contribution in [3.05, 3.63) is 118 Å². The summed E-state index contributed by atoms with van der Waals surface area (Å²) in [7, 11) is 3.46. The van der Waals surface area contributed by atoms with Crippen LogP contribution in [0.5, 0.6) is 11.5 Å². The maximum Gasteiger partial charge on any atom is 0.142 e. The molecule has 242 valence electrons. The highest BCUT2D eigenvalue weighted by Crippen LogP contribution is 2.39. The molecule has 0 saturated carbocycles. The smallest absolute Gasteiger partial charge is 0.142 e. The predicted octanol–water partition coefficient (Wildman–Crippen LogP) is 10.4. The topological polar surface area (TPSA) is 54.1 Å². The Morgan fingerprint density at radius 3 is 0.958 bits per heavy atom. The van der Waals surface area contributed by atoms with Crippen LogP contribution in [-0.2, 0) is 0 Å². The predicted molar refractivity (Wildman–Crippen MR) is 199 cm³/mol. The van der Waals surface area contributed by atoms with Crippen molar-refractivity contribution in [2.24, 2.45) is 0 Å². The van der Waals surface area contributed by atoms with Crippen LogP contribution < -0.4 is 9.47 Å². The molecule has 2 aliphatic rings. The first-order valence-corrected chi connectivity index (χ1v) is 16.4. The molecule has 0 fully saturated rings. The van der Waals surface area contributed by atoms with Gasteiger partial charge in [-0.2, -0.15) is 0 Å². The van der Waals surface area contributed by atoms with E-state index in [1.54, 1.807) is 14.2 Å². The average Bonchev–Trinajstić information content (AvgIpc) is 3.69. The molecule has 5 heterocycles. The molecular formula is C42H42N4O2. The second-order valence-corrected chi connectivity index (χ2v) is 12.9. The van der Waals surface area contributed by atoms with Gasteiger partial charge in [-0.25, -0.2) is 9.97 Å².